The highest BCUT2D eigenvalue weighted by molar-refractivity contribution is 9.10. The Morgan fingerprint density at radius 1 is 1.16 bits per heavy atom. The number of benzene rings is 2. The maximum atomic E-state index is 12.2. The van der Waals surface area contributed by atoms with Gasteiger partial charge in [-0.25, -0.2) is 0 Å². The van der Waals surface area contributed by atoms with Gasteiger partial charge in [0.15, 0.2) is 0 Å². The first-order valence-corrected chi connectivity index (χ1v) is 6.98. The van der Waals surface area contributed by atoms with Gasteiger partial charge in [-0.1, -0.05) is 39.7 Å². The molecule has 0 aliphatic carbocycles. The summed E-state index contributed by atoms with van der Waals surface area (Å²) in [6.07, 6.45) is 0. The van der Waals surface area contributed by atoms with Crippen molar-refractivity contribution in [2.24, 2.45) is 0 Å². The summed E-state index contributed by atoms with van der Waals surface area (Å²) >= 11 is 9.48. The lowest BCUT2D eigenvalue weighted by atomic mass is 10.1. The molecule has 0 aromatic heterocycles. The van der Waals surface area contributed by atoms with Crippen molar-refractivity contribution in [2.45, 2.75) is 13.8 Å². The lowest BCUT2D eigenvalue weighted by Gasteiger charge is -2.10. The number of aryl methyl sites for hydroxylation is 2. The molecule has 2 nitrogen and oxygen atoms in total. The standard InChI is InChI=1S/C15H13BrClNO/c1-9-3-6-14(13(17)7-9)18-15(19)12-8-11(16)5-4-10(12)2/h3-8H,1-2H3,(H,18,19). The fourth-order valence-corrected chi connectivity index (χ4v) is 2.39. The van der Waals surface area contributed by atoms with Gasteiger partial charge in [0, 0.05) is 10.0 Å². The molecule has 0 aliphatic heterocycles. The van der Waals surface area contributed by atoms with Crippen LogP contribution in [0.3, 0.4) is 0 Å². The van der Waals surface area contributed by atoms with E-state index in [9.17, 15) is 4.79 Å². The highest BCUT2D eigenvalue weighted by atomic mass is 79.9. The first-order chi connectivity index (χ1) is 8.97. The SMILES string of the molecule is Cc1ccc(NC(=O)c2cc(Br)ccc2C)c(Cl)c1. The Morgan fingerprint density at radius 2 is 1.89 bits per heavy atom. The summed E-state index contributed by atoms with van der Waals surface area (Å²) in [4.78, 5) is 12.2. The van der Waals surface area contributed by atoms with Crippen LogP contribution in [0.1, 0.15) is 21.5 Å². The largest absolute Gasteiger partial charge is 0.321 e. The minimum atomic E-state index is -0.162. The fraction of sp³-hybridized carbons (Fsp3) is 0.133. The first kappa shape index (κ1) is 14.1. The molecule has 1 N–H and O–H groups in total. The second-order valence-electron chi connectivity index (χ2n) is 4.40. The zero-order chi connectivity index (χ0) is 14.0. The molecule has 0 heterocycles. The van der Waals surface area contributed by atoms with Crippen LogP contribution in [0.15, 0.2) is 40.9 Å². The van der Waals surface area contributed by atoms with Crippen molar-refractivity contribution in [2.75, 3.05) is 5.32 Å². The average Bonchev–Trinajstić information content (AvgIpc) is 2.35. The van der Waals surface area contributed by atoms with Gasteiger partial charge in [-0.2, -0.15) is 0 Å². The van der Waals surface area contributed by atoms with Gasteiger partial charge in [-0.05, 0) is 49.2 Å². The van der Waals surface area contributed by atoms with Crippen molar-refractivity contribution in [1.29, 1.82) is 0 Å². The van der Waals surface area contributed by atoms with E-state index in [2.05, 4.69) is 21.2 Å². The van der Waals surface area contributed by atoms with E-state index in [-0.39, 0.29) is 5.91 Å². The number of anilines is 1. The van der Waals surface area contributed by atoms with Gasteiger partial charge in [-0.3, -0.25) is 4.79 Å². The predicted molar refractivity (Wildman–Crippen MR) is 83.0 cm³/mol. The maximum Gasteiger partial charge on any atom is 0.256 e. The Hall–Kier alpha value is -1.32. The molecule has 0 saturated heterocycles. The molecular weight excluding hydrogens is 326 g/mol. The van der Waals surface area contributed by atoms with Crippen molar-refractivity contribution in [3.63, 3.8) is 0 Å². The second kappa shape index (κ2) is 5.76. The quantitative estimate of drug-likeness (QED) is 0.823. The Balaban J connectivity index is 2.28. The second-order valence-corrected chi connectivity index (χ2v) is 5.72. The number of rotatable bonds is 2. The van der Waals surface area contributed by atoms with Crippen LogP contribution in [0.5, 0.6) is 0 Å². The summed E-state index contributed by atoms with van der Waals surface area (Å²) in [5, 5.41) is 3.37. The van der Waals surface area contributed by atoms with Crippen LogP contribution in [0.2, 0.25) is 5.02 Å². The number of halogens is 2. The molecule has 0 unspecified atom stereocenters. The van der Waals surface area contributed by atoms with Gasteiger partial charge in [0.25, 0.3) is 5.91 Å². The van der Waals surface area contributed by atoms with E-state index in [0.717, 1.165) is 15.6 Å². The molecule has 2 aromatic carbocycles. The van der Waals surface area contributed by atoms with Gasteiger partial charge < -0.3 is 5.32 Å². The minimum Gasteiger partial charge on any atom is -0.321 e. The van der Waals surface area contributed by atoms with Crippen molar-refractivity contribution in [3.8, 4) is 0 Å². The molecule has 0 spiro atoms. The van der Waals surface area contributed by atoms with E-state index >= 15 is 0 Å². The summed E-state index contributed by atoms with van der Waals surface area (Å²) in [5.41, 5.74) is 3.23. The van der Waals surface area contributed by atoms with E-state index in [1.54, 1.807) is 6.07 Å². The van der Waals surface area contributed by atoms with Crippen LogP contribution in [0.4, 0.5) is 5.69 Å². The van der Waals surface area contributed by atoms with Crippen LogP contribution in [0.25, 0.3) is 0 Å². The Kier molecular flexibility index (Phi) is 4.27. The van der Waals surface area contributed by atoms with Crippen molar-refractivity contribution in [3.05, 3.63) is 62.6 Å². The van der Waals surface area contributed by atoms with Gasteiger partial charge in [0.05, 0.1) is 10.7 Å². The van der Waals surface area contributed by atoms with Crippen molar-refractivity contribution >= 4 is 39.1 Å². The molecule has 4 heteroatoms. The van der Waals surface area contributed by atoms with Crippen molar-refractivity contribution < 1.29 is 4.79 Å². The van der Waals surface area contributed by atoms with Gasteiger partial charge >= 0.3 is 0 Å². The third-order valence-corrected chi connectivity index (χ3v) is 3.62. The average molecular weight is 339 g/mol. The van der Waals surface area contributed by atoms with Crippen LogP contribution >= 0.6 is 27.5 Å². The number of nitrogens with one attached hydrogen (secondary N) is 1. The fourth-order valence-electron chi connectivity index (χ4n) is 1.75. The Labute approximate surface area is 125 Å². The van der Waals surface area contributed by atoms with Crippen LogP contribution < -0.4 is 5.32 Å². The van der Waals surface area contributed by atoms with E-state index in [4.69, 9.17) is 11.6 Å². The summed E-state index contributed by atoms with van der Waals surface area (Å²) in [5.74, 6) is -0.162. The minimum absolute atomic E-state index is 0.162. The number of carbonyl (C=O) groups is 1. The van der Waals surface area contributed by atoms with E-state index < -0.39 is 0 Å². The molecular formula is C15H13BrClNO. The van der Waals surface area contributed by atoms with Gasteiger partial charge in [0.2, 0.25) is 0 Å². The predicted octanol–water partition coefficient (Wildman–Crippen LogP) is 4.97. The van der Waals surface area contributed by atoms with Crippen LogP contribution in [0, 0.1) is 13.8 Å². The molecule has 0 radical (unpaired) electrons. The molecule has 19 heavy (non-hydrogen) atoms. The van der Waals surface area contributed by atoms with Gasteiger partial charge in [0.1, 0.15) is 0 Å². The molecule has 98 valence electrons. The van der Waals surface area contributed by atoms with Crippen molar-refractivity contribution in [1.82, 2.24) is 0 Å². The Bertz CT molecular complexity index is 640. The zero-order valence-corrected chi connectivity index (χ0v) is 13.0. The smallest absolute Gasteiger partial charge is 0.256 e. The molecule has 0 saturated carbocycles. The number of carbonyl (C=O) groups excluding carboxylic acids is 1. The molecule has 2 rings (SSSR count). The van der Waals surface area contributed by atoms with Crippen LogP contribution in [-0.2, 0) is 0 Å². The number of hydrogen-bond acceptors (Lipinski definition) is 1. The molecule has 2 aromatic rings. The van der Waals surface area contributed by atoms with Gasteiger partial charge in [-0.15, -0.1) is 0 Å². The first-order valence-electron chi connectivity index (χ1n) is 5.81. The molecule has 0 aliphatic rings. The highest BCUT2D eigenvalue weighted by Gasteiger charge is 2.11. The number of amides is 1. The summed E-state index contributed by atoms with van der Waals surface area (Å²) < 4.78 is 0.873. The normalized spacial score (nSPS) is 10.3. The zero-order valence-electron chi connectivity index (χ0n) is 10.6. The molecule has 0 fully saturated rings. The topological polar surface area (TPSA) is 29.1 Å². The highest BCUT2D eigenvalue weighted by Crippen LogP contribution is 2.24. The molecule has 0 atom stereocenters. The molecule has 1 amide bonds. The third kappa shape index (κ3) is 3.37. The summed E-state index contributed by atoms with van der Waals surface area (Å²) in [7, 11) is 0. The van der Waals surface area contributed by atoms with Crippen LogP contribution in [-0.4, -0.2) is 5.91 Å². The summed E-state index contributed by atoms with van der Waals surface area (Å²) in [6, 6.07) is 11.1. The lowest BCUT2D eigenvalue weighted by Crippen LogP contribution is -2.13. The lowest BCUT2D eigenvalue weighted by molar-refractivity contribution is 0.102. The maximum absolute atomic E-state index is 12.2. The monoisotopic (exact) mass is 337 g/mol. The van der Waals surface area contributed by atoms with E-state index in [1.807, 2.05) is 44.2 Å². The summed E-state index contributed by atoms with van der Waals surface area (Å²) in [6.45, 7) is 3.86. The Morgan fingerprint density at radius 3 is 2.58 bits per heavy atom. The van der Waals surface area contributed by atoms with E-state index in [0.29, 0.717) is 16.3 Å². The third-order valence-electron chi connectivity index (χ3n) is 2.82. The molecule has 0 bridgehead atoms. The number of hydrogen-bond donors (Lipinski definition) is 1. The van der Waals surface area contributed by atoms with E-state index in [1.165, 1.54) is 0 Å².